The molecule has 7 aromatic rings. The molecule has 2 aliphatic rings. The minimum atomic E-state index is -6.09. The Morgan fingerprint density at radius 3 is 0.681 bits per heavy atom. The molecule has 69 heavy (non-hydrogen) atoms. The third-order valence-corrected chi connectivity index (χ3v) is 9.15. The molecule has 0 saturated heterocycles. The first kappa shape index (κ1) is 46.3. The lowest BCUT2D eigenvalue weighted by molar-refractivity contribution is -0.167. The van der Waals surface area contributed by atoms with E-state index in [4.69, 9.17) is 0 Å². The largest absolute Gasteiger partial charge is 0.435 e. The summed E-state index contributed by atoms with van der Waals surface area (Å²) in [6.07, 6.45) is -41.7. The van der Waals surface area contributed by atoms with Crippen LogP contribution in [0.4, 0.5) is 92.2 Å². The zero-order valence-corrected chi connectivity index (χ0v) is 31.7. The third-order valence-electron chi connectivity index (χ3n) is 9.15. The first-order valence-electron chi connectivity index (χ1n) is 17.5. The van der Waals surface area contributed by atoms with Gasteiger partial charge in [-0.1, -0.05) is 0 Å². The Morgan fingerprint density at radius 2 is 0.449 bits per heavy atom. The van der Waals surface area contributed by atoms with Gasteiger partial charge in [-0.05, 0) is 6.92 Å². The van der Waals surface area contributed by atoms with Gasteiger partial charge in [0.2, 0.25) is 0 Å². The Balaban J connectivity index is 1.55. The van der Waals surface area contributed by atoms with Crippen LogP contribution in [0, 0.1) is 6.92 Å². The molecule has 2 aliphatic heterocycles. The Morgan fingerprint density at radius 1 is 0.246 bits per heavy atom. The van der Waals surface area contributed by atoms with Crippen LogP contribution < -0.4 is 0 Å². The summed E-state index contributed by atoms with van der Waals surface area (Å²) in [7, 11) is 0. The number of halogens is 21. The number of aromatic nitrogens is 16. The van der Waals surface area contributed by atoms with Crippen LogP contribution in [0.2, 0.25) is 0 Å². The van der Waals surface area contributed by atoms with E-state index >= 15 is 0 Å². The Kier molecular flexibility index (Phi) is 9.49. The number of aromatic amines is 2. The molecule has 0 radical (unpaired) electrons. The molecule has 0 unspecified atom stereocenters. The van der Waals surface area contributed by atoms with Crippen molar-refractivity contribution in [3.63, 3.8) is 0 Å². The first-order chi connectivity index (χ1) is 31.5. The molecule has 0 saturated carbocycles. The predicted molar refractivity (Wildman–Crippen MR) is 178 cm³/mol. The summed E-state index contributed by atoms with van der Waals surface area (Å²) < 4.78 is 297. The number of alkyl halides is 21. The van der Waals surface area contributed by atoms with Gasteiger partial charge in [-0.25, -0.2) is 69.8 Å². The number of nitrogens with one attached hydrogen (secondary N) is 2. The van der Waals surface area contributed by atoms with Gasteiger partial charge >= 0.3 is 43.2 Å². The quantitative estimate of drug-likeness (QED) is 0.136. The molecule has 0 atom stereocenters. The monoisotopic (exact) mass is 1010 g/mol. The van der Waals surface area contributed by atoms with Gasteiger partial charge < -0.3 is 9.97 Å². The van der Waals surface area contributed by atoms with Crippen molar-refractivity contribution in [3.8, 4) is 46.1 Å². The summed E-state index contributed by atoms with van der Waals surface area (Å²) in [5, 5.41) is 0. The van der Waals surface area contributed by atoms with E-state index in [1.807, 2.05) is 4.98 Å². The topological polar surface area (TPSA) is 212 Å². The third kappa shape index (κ3) is 7.75. The van der Waals surface area contributed by atoms with Crippen LogP contribution >= 0.6 is 0 Å². The van der Waals surface area contributed by atoms with Gasteiger partial charge in [0.15, 0.2) is 85.7 Å². The molecule has 0 amide bonds. The maximum Gasteiger partial charge on any atom is 0.435 e. The lowest BCUT2D eigenvalue weighted by Gasteiger charge is -2.14. The zero-order valence-electron chi connectivity index (χ0n) is 31.7. The minimum absolute atomic E-state index is 0.692. The van der Waals surface area contributed by atoms with Crippen LogP contribution in [0.25, 0.3) is 90.7 Å². The number of fused-ring (bicyclic) bond motifs is 20. The second-order valence-corrected chi connectivity index (χ2v) is 13.8. The SMILES string of the molecule is Cc1nc2c3nc4nc(nc5[nH]c(nc6nc(nc([nH]3)c2nc1C(F)(F)F)-c1nc(C(F)(F)F)c(C(F)(F)F)nc1-6)c1nc(C(F)(F)F)c(C(F)(F)F)nc51)-c1nc(C(F)(F)F)c(C(F)(F)F)nc1-4. The molecule has 8 bridgehead atoms. The molecule has 9 heterocycles. The second-order valence-electron chi connectivity index (χ2n) is 13.8. The van der Waals surface area contributed by atoms with E-state index in [2.05, 4.69) is 74.8 Å². The number of hydrogen-bond donors (Lipinski definition) is 2. The van der Waals surface area contributed by atoms with E-state index in [0.29, 0.717) is 6.92 Å². The van der Waals surface area contributed by atoms with Crippen molar-refractivity contribution in [3.05, 3.63) is 45.6 Å². The molecule has 16 nitrogen and oxygen atoms in total. The van der Waals surface area contributed by atoms with Crippen molar-refractivity contribution in [2.24, 2.45) is 0 Å². The van der Waals surface area contributed by atoms with Gasteiger partial charge in [0.25, 0.3) is 0 Å². The molecule has 0 fully saturated rings. The molecule has 0 spiro atoms. The van der Waals surface area contributed by atoms with Crippen molar-refractivity contribution >= 4 is 44.7 Å². The Labute approximate surface area is 358 Å². The van der Waals surface area contributed by atoms with E-state index in [-0.39, 0.29) is 0 Å². The fourth-order valence-corrected chi connectivity index (χ4v) is 6.50. The van der Waals surface area contributed by atoms with Gasteiger partial charge in [0.05, 0.1) is 5.69 Å². The maximum atomic E-state index is 14.2. The predicted octanol–water partition coefficient (Wildman–Crippen LogP) is 9.47. The molecule has 0 aliphatic carbocycles. The van der Waals surface area contributed by atoms with Crippen LogP contribution in [0.15, 0.2) is 0 Å². The normalized spacial score (nSPS) is 13.9. The summed E-state index contributed by atoms with van der Waals surface area (Å²) in [6, 6.07) is 0. The van der Waals surface area contributed by atoms with E-state index < -0.39 is 180 Å². The average Bonchev–Trinajstić information content (AvgIpc) is 3.91. The second kappa shape index (κ2) is 14.1. The van der Waals surface area contributed by atoms with Crippen LogP contribution in [0.3, 0.4) is 0 Å². The van der Waals surface area contributed by atoms with Gasteiger partial charge in [-0.15, -0.1) is 0 Å². The number of H-pyrrole nitrogens is 2. The highest BCUT2D eigenvalue weighted by atomic mass is 19.4. The average molecular weight is 1010 g/mol. The summed E-state index contributed by atoms with van der Waals surface area (Å²) in [6.45, 7) is 0.692. The standard InChI is InChI=1S/C32H5F21N16/c1-2-11(26(33,34)35)55-4-3(54-2)18-62-19(4)64-21-7-8(59-15(30(45,46)47)14(58-7)29(42,43)44)23(66-21)68-25-10-9(60-16(31(48,49)50)17(61-10)32(51,52)53)24(69-25)67-22-6-5(20(63-18)65-22)56-12(27(36,37)38)13(57-6)28(39,40)41/h1H3,(H2,62,63,64,65,66,67,68,69). The van der Waals surface area contributed by atoms with Crippen molar-refractivity contribution in [2.45, 2.75) is 50.2 Å². The van der Waals surface area contributed by atoms with Crippen molar-refractivity contribution in [2.75, 3.05) is 0 Å². The van der Waals surface area contributed by atoms with E-state index in [1.165, 1.54) is 0 Å². The van der Waals surface area contributed by atoms with Crippen molar-refractivity contribution in [1.29, 1.82) is 0 Å². The number of rotatable bonds is 0. The maximum absolute atomic E-state index is 14.2. The van der Waals surface area contributed by atoms with Crippen LogP contribution in [-0.2, 0) is 43.2 Å². The molecule has 360 valence electrons. The van der Waals surface area contributed by atoms with Gasteiger partial charge in [0, 0.05) is 0 Å². The lowest BCUT2D eigenvalue weighted by atomic mass is 10.2. The van der Waals surface area contributed by atoms with E-state index in [1.54, 1.807) is 0 Å². The van der Waals surface area contributed by atoms with Gasteiger partial charge in [-0.3, -0.25) is 0 Å². The smallest absolute Gasteiger partial charge is 0.321 e. The summed E-state index contributed by atoms with van der Waals surface area (Å²) in [5.74, 6) is -5.63. The lowest BCUT2D eigenvalue weighted by Crippen LogP contribution is -2.21. The van der Waals surface area contributed by atoms with Crippen LogP contribution in [0.1, 0.15) is 45.6 Å². The van der Waals surface area contributed by atoms with E-state index in [9.17, 15) is 92.2 Å². The minimum Gasteiger partial charge on any atom is -0.321 e. The highest BCUT2D eigenvalue weighted by Gasteiger charge is 2.51. The van der Waals surface area contributed by atoms with E-state index in [0.717, 1.165) is 0 Å². The van der Waals surface area contributed by atoms with Crippen LogP contribution in [0.5, 0.6) is 0 Å². The number of aryl methyl sites for hydroxylation is 1. The molecule has 7 aromatic heterocycles. The number of nitrogens with zero attached hydrogens (tertiary/aromatic N) is 14. The molecule has 2 N–H and O–H groups in total. The molecule has 37 heteroatoms. The zero-order chi connectivity index (χ0) is 50.7. The van der Waals surface area contributed by atoms with Crippen LogP contribution in [-0.4, -0.2) is 79.7 Å². The first-order valence-corrected chi connectivity index (χ1v) is 17.5. The Bertz CT molecular complexity index is 3520. The molecular weight excluding hydrogens is 1010 g/mol. The summed E-state index contributed by atoms with van der Waals surface area (Å²) in [5.41, 5.74) is -35.8. The molecular formula is C32H5F21N16. The van der Waals surface area contributed by atoms with Crippen molar-refractivity contribution < 1.29 is 92.2 Å². The Hall–Kier alpha value is -7.79. The van der Waals surface area contributed by atoms with Gasteiger partial charge in [0.1, 0.15) is 44.8 Å². The summed E-state index contributed by atoms with van der Waals surface area (Å²) in [4.78, 5) is 50.7. The number of hydrogen-bond acceptors (Lipinski definition) is 14. The highest BCUT2D eigenvalue weighted by Crippen LogP contribution is 2.46. The fourth-order valence-electron chi connectivity index (χ4n) is 6.50. The van der Waals surface area contributed by atoms with Gasteiger partial charge in [-0.2, -0.15) is 92.2 Å². The highest BCUT2D eigenvalue weighted by molar-refractivity contribution is 6.01. The fraction of sp³-hybridized carbons (Fsp3) is 0.250. The molecule has 9 rings (SSSR count). The molecule has 0 aromatic carbocycles. The van der Waals surface area contributed by atoms with Crippen molar-refractivity contribution in [1.82, 2.24) is 79.7 Å². The summed E-state index contributed by atoms with van der Waals surface area (Å²) >= 11 is 0.